The highest BCUT2D eigenvalue weighted by Crippen LogP contribution is 2.40. The van der Waals surface area contributed by atoms with Crippen LogP contribution in [-0.2, 0) is 6.18 Å². The highest BCUT2D eigenvalue weighted by molar-refractivity contribution is 7.99. The maximum atomic E-state index is 12.9. The molecule has 3 rings (SSSR count). The highest BCUT2D eigenvalue weighted by Gasteiger charge is 2.33. The first kappa shape index (κ1) is 22.3. The summed E-state index contributed by atoms with van der Waals surface area (Å²) in [5, 5.41) is 14.2. The molecule has 0 saturated carbocycles. The molecule has 1 N–H and O–H groups in total. The lowest BCUT2D eigenvalue weighted by Crippen LogP contribution is -2.27. The predicted molar refractivity (Wildman–Crippen MR) is 109 cm³/mol. The van der Waals surface area contributed by atoms with Gasteiger partial charge in [-0.3, -0.25) is 19.9 Å². The summed E-state index contributed by atoms with van der Waals surface area (Å²) in [5.41, 5.74) is -0.699. The first-order valence-electron chi connectivity index (χ1n) is 9.00. The van der Waals surface area contributed by atoms with Crippen molar-refractivity contribution in [2.24, 2.45) is 0 Å². The zero-order chi connectivity index (χ0) is 22.6. The largest absolute Gasteiger partial charge is 0.416 e. The molecule has 31 heavy (non-hydrogen) atoms. The van der Waals surface area contributed by atoms with E-state index in [2.05, 4.69) is 10.3 Å². The van der Waals surface area contributed by atoms with E-state index < -0.39 is 28.3 Å². The number of rotatable bonds is 6. The van der Waals surface area contributed by atoms with Crippen molar-refractivity contribution in [3.8, 4) is 0 Å². The van der Waals surface area contributed by atoms with Crippen molar-refractivity contribution < 1.29 is 22.9 Å². The quantitative estimate of drug-likeness (QED) is 0.390. The first-order chi connectivity index (χ1) is 14.7. The van der Waals surface area contributed by atoms with Gasteiger partial charge in [-0.25, -0.2) is 0 Å². The van der Waals surface area contributed by atoms with E-state index in [1.54, 1.807) is 55.7 Å². The number of alkyl halides is 3. The lowest BCUT2D eigenvalue weighted by atomic mass is 10.1. The van der Waals surface area contributed by atoms with Crippen molar-refractivity contribution in [3.63, 3.8) is 0 Å². The number of aromatic nitrogens is 1. The number of nitro benzene ring substituents is 1. The average Bonchev–Trinajstić information content (AvgIpc) is 2.74. The van der Waals surface area contributed by atoms with Crippen LogP contribution in [-0.4, -0.2) is 15.8 Å². The summed E-state index contributed by atoms with van der Waals surface area (Å²) in [6.45, 7) is 1.80. The van der Waals surface area contributed by atoms with Gasteiger partial charge < -0.3 is 5.32 Å². The van der Waals surface area contributed by atoms with Crippen LogP contribution in [0.4, 0.5) is 18.9 Å². The summed E-state index contributed by atoms with van der Waals surface area (Å²) >= 11 is 0.860. The van der Waals surface area contributed by atoms with E-state index in [-0.39, 0.29) is 16.5 Å². The molecular weight excluding hydrogens is 431 g/mol. The molecule has 1 aromatic heterocycles. The van der Waals surface area contributed by atoms with Crippen molar-refractivity contribution in [2.75, 3.05) is 0 Å². The third kappa shape index (κ3) is 5.40. The molecule has 10 heteroatoms. The molecule has 0 radical (unpaired) electrons. The molecule has 0 bridgehead atoms. The first-order valence-corrected chi connectivity index (χ1v) is 9.82. The zero-order valence-corrected chi connectivity index (χ0v) is 16.9. The maximum Gasteiger partial charge on any atom is 0.416 e. The van der Waals surface area contributed by atoms with Gasteiger partial charge in [0.05, 0.1) is 27.0 Å². The van der Waals surface area contributed by atoms with Gasteiger partial charge in [0.25, 0.3) is 11.6 Å². The molecule has 3 aromatic rings. The fourth-order valence-corrected chi connectivity index (χ4v) is 3.82. The fraction of sp³-hybridized carbons (Fsp3) is 0.143. The molecule has 2 aromatic carbocycles. The molecule has 0 fully saturated rings. The second kappa shape index (κ2) is 9.17. The van der Waals surface area contributed by atoms with Crippen molar-refractivity contribution >= 4 is 23.4 Å². The Balaban J connectivity index is 1.89. The summed E-state index contributed by atoms with van der Waals surface area (Å²) in [7, 11) is 0. The number of nitrogens with zero attached hydrogens (tertiary/aromatic N) is 2. The molecule has 1 unspecified atom stereocenters. The molecule has 0 aliphatic rings. The third-order valence-corrected chi connectivity index (χ3v) is 5.53. The van der Waals surface area contributed by atoms with Crippen LogP contribution >= 0.6 is 11.8 Å². The normalized spacial score (nSPS) is 12.3. The van der Waals surface area contributed by atoms with Gasteiger partial charge in [-0.1, -0.05) is 23.9 Å². The Morgan fingerprint density at radius 2 is 1.77 bits per heavy atom. The van der Waals surface area contributed by atoms with Gasteiger partial charge in [-0.15, -0.1) is 0 Å². The lowest BCUT2D eigenvalue weighted by Gasteiger charge is -2.16. The topological polar surface area (TPSA) is 85.1 Å². The lowest BCUT2D eigenvalue weighted by molar-refractivity contribution is -0.388. The number of halogens is 3. The van der Waals surface area contributed by atoms with Crippen molar-refractivity contribution in [2.45, 2.75) is 28.9 Å². The Morgan fingerprint density at radius 1 is 1.10 bits per heavy atom. The van der Waals surface area contributed by atoms with Crippen LogP contribution < -0.4 is 5.32 Å². The van der Waals surface area contributed by atoms with Gasteiger partial charge >= 0.3 is 6.18 Å². The minimum absolute atomic E-state index is 0.000400. The van der Waals surface area contributed by atoms with E-state index >= 15 is 0 Å². The predicted octanol–water partition coefficient (Wildman–Crippen LogP) is 5.65. The molecule has 1 amide bonds. The molecule has 1 atom stereocenters. The summed E-state index contributed by atoms with van der Waals surface area (Å²) in [6.07, 6.45) is -1.49. The van der Waals surface area contributed by atoms with E-state index in [0.717, 1.165) is 29.5 Å². The number of pyridine rings is 1. The minimum Gasteiger partial charge on any atom is -0.345 e. The number of benzene rings is 2. The van der Waals surface area contributed by atoms with Crippen molar-refractivity contribution in [1.29, 1.82) is 0 Å². The van der Waals surface area contributed by atoms with Gasteiger partial charge in [0.15, 0.2) is 0 Å². The molecule has 160 valence electrons. The van der Waals surface area contributed by atoms with Gasteiger partial charge in [-0.2, -0.15) is 13.2 Å². The van der Waals surface area contributed by atoms with Gasteiger partial charge in [0.2, 0.25) is 0 Å². The van der Waals surface area contributed by atoms with Crippen LogP contribution in [0.25, 0.3) is 0 Å². The van der Waals surface area contributed by atoms with Crippen molar-refractivity contribution in [1.82, 2.24) is 10.3 Å². The van der Waals surface area contributed by atoms with Crippen LogP contribution in [0.15, 0.2) is 76.8 Å². The second-order valence-corrected chi connectivity index (χ2v) is 7.60. The maximum absolute atomic E-state index is 12.9. The number of nitro groups is 1. The molecule has 0 aliphatic carbocycles. The van der Waals surface area contributed by atoms with Crippen LogP contribution in [0.1, 0.15) is 34.5 Å². The number of hydrogen-bond donors (Lipinski definition) is 1. The summed E-state index contributed by atoms with van der Waals surface area (Å²) in [4.78, 5) is 27.6. The standard InChI is InChI=1S/C21H16F3N3O3S/c1-13(14-8-10-25-11-9-14)26-20(28)16-4-2-3-5-18(16)31-19-7-6-15(21(22,23)24)12-17(19)27(29)30/h2-13H,1H3,(H,26,28). The van der Waals surface area contributed by atoms with Crippen LogP contribution in [0.2, 0.25) is 0 Å². The van der Waals surface area contributed by atoms with E-state index in [0.29, 0.717) is 11.0 Å². The van der Waals surface area contributed by atoms with Crippen molar-refractivity contribution in [3.05, 3.63) is 93.8 Å². The molecule has 6 nitrogen and oxygen atoms in total. The number of carbonyl (C=O) groups is 1. The number of hydrogen-bond acceptors (Lipinski definition) is 5. The van der Waals surface area contributed by atoms with Gasteiger partial charge in [0.1, 0.15) is 0 Å². The Hall–Kier alpha value is -3.40. The summed E-state index contributed by atoms with van der Waals surface area (Å²) < 4.78 is 38.8. The van der Waals surface area contributed by atoms with E-state index in [1.165, 1.54) is 0 Å². The Kier molecular flexibility index (Phi) is 6.59. The molecule has 0 spiro atoms. The monoisotopic (exact) mass is 447 g/mol. The fourth-order valence-electron chi connectivity index (χ4n) is 2.79. The third-order valence-electron chi connectivity index (χ3n) is 4.39. The zero-order valence-electron chi connectivity index (χ0n) is 16.1. The van der Waals surface area contributed by atoms with E-state index in [1.807, 2.05) is 0 Å². The van der Waals surface area contributed by atoms with Gasteiger partial charge in [-0.05, 0) is 48.9 Å². The Bertz CT molecular complexity index is 1110. The summed E-state index contributed by atoms with van der Waals surface area (Å²) in [5.74, 6) is -0.415. The number of amides is 1. The SMILES string of the molecule is CC(NC(=O)c1ccccc1Sc1ccc(C(F)(F)F)cc1[N+](=O)[O-])c1ccncc1. The highest BCUT2D eigenvalue weighted by atomic mass is 32.2. The molecular formula is C21H16F3N3O3S. The van der Waals surface area contributed by atoms with Crippen LogP contribution in [0.3, 0.4) is 0 Å². The van der Waals surface area contributed by atoms with E-state index in [9.17, 15) is 28.1 Å². The minimum atomic E-state index is -4.70. The van der Waals surface area contributed by atoms with Crippen LogP contribution in [0, 0.1) is 10.1 Å². The summed E-state index contributed by atoms with van der Waals surface area (Å²) in [6, 6.07) is 11.9. The van der Waals surface area contributed by atoms with E-state index in [4.69, 9.17) is 0 Å². The second-order valence-electron chi connectivity index (χ2n) is 6.51. The molecule has 1 heterocycles. The molecule has 0 aliphatic heterocycles. The number of nitrogens with one attached hydrogen (secondary N) is 1. The number of carbonyl (C=O) groups excluding carboxylic acids is 1. The molecule has 0 saturated heterocycles. The Labute approximate surface area is 179 Å². The smallest absolute Gasteiger partial charge is 0.345 e. The average molecular weight is 447 g/mol. The van der Waals surface area contributed by atoms with Crippen LogP contribution in [0.5, 0.6) is 0 Å². The van der Waals surface area contributed by atoms with Gasteiger partial charge in [0, 0.05) is 23.4 Å². The Morgan fingerprint density at radius 3 is 2.42 bits per heavy atom.